The molecule has 0 bridgehead atoms. The molecule has 10 heteroatoms. The number of carbonyl (C=O) groups excluding carboxylic acids is 1. The van der Waals surface area contributed by atoms with E-state index >= 15 is 0 Å². The van der Waals surface area contributed by atoms with E-state index in [1.807, 2.05) is 0 Å². The van der Waals surface area contributed by atoms with Crippen molar-refractivity contribution in [2.24, 2.45) is 0 Å². The minimum absolute atomic E-state index is 0.181. The summed E-state index contributed by atoms with van der Waals surface area (Å²) in [6, 6.07) is 11.0. The third-order valence-corrected chi connectivity index (χ3v) is 7.02. The lowest BCUT2D eigenvalue weighted by atomic mass is 10.2. The average Bonchev–Trinajstić information content (AvgIpc) is 2.71. The van der Waals surface area contributed by atoms with Crippen molar-refractivity contribution < 1.29 is 21.6 Å². The van der Waals surface area contributed by atoms with E-state index in [2.05, 4.69) is 16.0 Å². The summed E-state index contributed by atoms with van der Waals surface area (Å²) < 4.78 is 53.5. The van der Waals surface area contributed by atoms with Crippen molar-refractivity contribution in [3.05, 3.63) is 54.1 Å². The zero-order valence-electron chi connectivity index (χ0n) is 15.2. The molecule has 0 aliphatic rings. The Balaban J connectivity index is 2.63. The van der Waals surface area contributed by atoms with E-state index in [0.717, 1.165) is 10.4 Å². The van der Waals surface area contributed by atoms with Crippen LogP contribution in [0.1, 0.15) is 5.56 Å². The van der Waals surface area contributed by atoms with Gasteiger partial charge in [0.25, 0.3) is 10.0 Å². The van der Waals surface area contributed by atoms with Crippen molar-refractivity contribution in [2.75, 3.05) is 24.9 Å². The van der Waals surface area contributed by atoms with Crippen LogP contribution in [-0.4, -0.2) is 43.4 Å². The smallest absolute Gasteiger partial charge is 0.264 e. The molecule has 0 atom stereocenters. The van der Waals surface area contributed by atoms with Crippen LogP contribution >= 0.6 is 0 Å². The minimum Gasteiger partial charge on any atom is -0.358 e. The number of terminal acetylenes is 1. The SMILES string of the molecule is C#Cc1cccc(N(CC(=O)NC)S(=O)(=O)c2cccc(S(=O)(=O)NC)c2)c1. The first-order valence-electron chi connectivity index (χ1n) is 7.99. The fourth-order valence-corrected chi connectivity index (χ4v) is 4.63. The quantitative estimate of drug-likeness (QED) is 0.633. The zero-order chi connectivity index (χ0) is 20.9. The third-order valence-electron chi connectivity index (χ3n) is 3.84. The highest BCUT2D eigenvalue weighted by Gasteiger charge is 2.28. The molecule has 0 saturated heterocycles. The van der Waals surface area contributed by atoms with Crippen LogP contribution < -0.4 is 14.3 Å². The molecule has 2 rings (SSSR count). The van der Waals surface area contributed by atoms with Gasteiger partial charge in [0.2, 0.25) is 15.9 Å². The topological polar surface area (TPSA) is 113 Å². The molecule has 0 fully saturated rings. The normalized spacial score (nSPS) is 11.5. The molecule has 0 saturated carbocycles. The van der Waals surface area contributed by atoms with E-state index in [9.17, 15) is 21.6 Å². The van der Waals surface area contributed by atoms with Crippen LogP contribution in [0.5, 0.6) is 0 Å². The highest BCUT2D eigenvalue weighted by molar-refractivity contribution is 7.93. The predicted molar refractivity (Wildman–Crippen MR) is 106 cm³/mol. The van der Waals surface area contributed by atoms with Crippen molar-refractivity contribution in [1.82, 2.24) is 10.0 Å². The molecule has 1 amide bonds. The van der Waals surface area contributed by atoms with Crippen molar-refractivity contribution in [2.45, 2.75) is 9.79 Å². The number of rotatable bonds is 7. The van der Waals surface area contributed by atoms with Crippen LogP contribution in [0.15, 0.2) is 58.3 Å². The highest BCUT2D eigenvalue weighted by Crippen LogP contribution is 2.25. The van der Waals surface area contributed by atoms with Gasteiger partial charge in [-0.15, -0.1) is 6.42 Å². The summed E-state index contributed by atoms with van der Waals surface area (Å²) in [4.78, 5) is 11.4. The largest absolute Gasteiger partial charge is 0.358 e. The summed E-state index contributed by atoms with van der Waals surface area (Å²) in [5, 5.41) is 2.37. The number of hydrogen-bond acceptors (Lipinski definition) is 5. The highest BCUT2D eigenvalue weighted by atomic mass is 32.2. The second-order valence-electron chi connectivity index (χ2n) is 5.56. The van der Waals surface area contributed by atoms with Gasteiger partial charge in [0.15, 0.2) is 0 Å². The molecule has 0 aliphatic heterocycles. The molecule has 2 aromatic rings. The molecule has 148 valence electrons. The summed E-state index contributed by atoms with van der Waals surface area (Å²) in [5.74, 6) is 1.86. The Labute approximate surface area is 164 Å². The first kappa shape index (κ1) is 21.4. The monoisotopic (exact) mass is 421 g/mol. The molecule has 0 unspecified atom stereocenters. The van der Waals surface area contributed by atoms with Gasteiger partial charge in [-0.2, -0.15) is 0 Å². The number of amides is 1. The van der Waals surface area contributed by atoms with Crippen molar-refractivity contribution in [3.8, 4) is 12.3 Å². The molecule has 0 radical (unpaired) electrons. The number of benzene rings is 2. The van der Waals surface area contributed by atoms with Crippen LogP contribution in [-0.2, 0) is 24.8 Å². The van der Waals surface area contributed by atoms with E-state index < -0.39 is 32.5 Å². The standard InChI is InChI=1S/C18H19N3O5S2/c1-4-14-7-5-8-15(11-14)21(13-18(22)19-2)28(25,26)17-10-6-9-16(12-17)27(23,24)20-3/h1,5-12,20H,13H2,2-3H3,(H,19,22). The molecule has 0 aromatic heterocycles. The molecular formula is C18H19N3O5S2. The van der Waals surface area contributed by atoms with Crippen LogP contribution in [0.3, 0.4) is 0 Å². The first-order chi connectivity index (χ1) is 13.2. The molecule has 0 spiro atoms. The van der Waals surface area contributed by atoms with Crippen LogP contribution in [0.2, 0.25) is 0 Å². The van der Waals surface area contributed by atoms with Gasteiger partial charge in [0.1, 0.15) is 6.54 Å². The van der Waals surface area contributed by atoms with Crippen LogP contribution in [0.4, 0.5) is 5.69 Å². The molecule has 0 aliphatic carbocycles. The van der Waals surface area contributed by atoms with E-state index in [1.54, 1.807) is 12.1 Å². The van der Waals surface area contributed by atoms with Gasteiger partial charge in [-0.25, -0.2) is 21.6 Å². The molecule has 0 heterocycles. The minimum atomic E-state index is -4.26. The number of sulfonamides is 2. The van der Waals surface area contributed by atoms with E-state index in [-0.39, 0.29) is 15.5 Å². The van der Waals surface area contributed by atoms with Gasteiger partial charge in [-0.3, -0.25) is 9.10 Å². The summed E-state index contributed by atoms with van der Waals surface area (Å²) in [7, 11) is -5.51. The number of likely N-dealkylation sites (N-methyl/N-ethyl adjacent to an activating group) is 1. The van der Waals surface area contributed by atoms with Gasteiger partial charge in [0, 0.05) is 12.6 Å². The Bertz CT molecular complexity index is 1140. The van der Waals surface area contributed by atoms with E-state index in [4.69, 9.17) is 6.42 Å². The molecule has 28 heavy (non-hydrogen) atoms. The number of hydrogen-bond donors (Lipinski definition) is 2. The lowest BCUT2D eigenvalue weighted by molar-refractivity contribution is -0.119. The maximum absolute atomic E-state index is 13.2. The molecule has 2 N–H and O–H groups in total. The maximum atomic E-state index is 13.2. The second-order valence-corrected chi connectivity index (χ2v) is 9.31. The van der Waals surface area contributed by atoms with Crippen molar-refractivity contribution in [1.29, 1.82) is 0 Å². The van der Waals surface area contributed by atoms with Crippen LogP contribution in [0.25, 0.3) is 0 Å². The maximum Gasteiger partial charge on any atom is 0.264 e. The fourth-order valence-electron chi connectivity index (χ4n) is 2.32. The van der Waals surface area contributed by atoms with Gasteiger partial charge in [-0.05, 0) is 43.4 Å². The number of anilines is 1. The van der Waals surface area contributed by atoms with Gasteiger partial charge >= 0.3 is 0 Å². The second kappa shape index (κ2) is 8.43. The summed E-state index contributed by atoms with van der Waals surface area (Å²) in [6.07, 6.45) is 5.38. The lowest BCUT2D eigenvalue weighted by Gasteiger charge is -2.24. The summed E-state index contributed by atoms with van der Waals surface area (Å²) in [6.45, 7) is -0.504. The molecule has 8 nitrogen and oxygen atoms in total. The Hall–Kier alpha value is -2.87. The fraction of sp³-hybridized carbons (Fsp3) is 0.167. The zero-order valence-corrected chi connectivity index (χ0v) is 16.8. The number of nitrogens with one attached hydrogen (secondary N) is 2. The van der Waals surface area contributed by atoms with Crippen LogP contribution in [0, 0.1) is 12.3 Å². The summed E-state index contributed by atoms with van der Waals surface area (Å²) in [5.41, 5.74) is 0.613. The Morgan fingerprint density at radius 3 is 2.29 bits per heavy atom. The lowest BCUT2D eigenvalue weighted by Crippen LogP contribution is -2.39. The number of carbonyl (C=O) groups is 1. The third kappa shape index (κ3) is 4.51. The van der Waals surface area contributed by atoms with Crippen molar-refractivity contribution in [3.63, 3.8) is 0 Å². The summed E-state index contributed by atoms with van der Waals surface area (Å²) >= 11 is 0. The predicted octanol–water partition coefficient (Wildman–Crippen LogP) is 0.517. The molecular weight excluding hydrogens is 402 g/mol. The molecule has 2 aromatic carbocycles. The Morgan fingerprint density at radius 2 is 1.68 bits per heavy atom. The number of nitrogens with zero attached hydrogens (tertiary/aromatic N) is 1. The van der Waals surface area contributed by atoms with Gasteiger partial charge in [-0.1, -0.05) is 18.1 Å². The first-order valence-corrected chi connectivity index (χ1v) is 10.9. The van der Waals surface area contributed by atoms with E-state index in [1.165, 1.54) is 44.4 Å². The van der Waals surface area contributed by atoms with E-state index in [0.29, 0.717) is 5.56 Å². The van der Waals surface area contributed by atoms with Gasteiger partial charge in [0.05, 0.1) is 15.5 Å². The van der Waals surface area contributed by atoms with Crippen molar-refractivity contribution >= 4 is 31.6 Å². The van der Waals surface area contributed by atoms with Gasteiger partial charge < -0.3 is 5.32 Å². The Morgan fingerprint density at radius 1 is 1.04 bits per heavy atom. The Kier molecular flexibility index (Phi) is 6.45. The average molecular weight is 422 g/mol.